The van der Waals surface area contributed by atoms with Crippen molar-refractivity contribution in [2.75, 3.05) is 12.9 Å². The number of rotatable bonds is 4. The zero-order chi connectivity index (χ0) is 12.1. The molecule has 0 spiro atoms. The van der Waals surface area contributed by atoms with Crippen molar-refractivity contribution in [3.63, 3.8) is 0 Å². The van der Waals surface area contributed by atoms with Crippen molar-refractivity contribution in [3.05, 3.63) is 29.3 Å². The Bertz CT molecular complexity index is 403. The number of ether oxygens (including phenoxy) is 1. The fraction of sp³-hybridized carbons (Fsp3) is 0.364. The molecule has 1 aromatic rings. The van der Waals surface area contributed by atoms with Crippen LogP contribution in [0.15, 0.2) is 18.2 Å². The topological polar surface area (TPSA) is 73.5 Å². The van der Waals surface area contributed by atoms with Crippen LogP contribution in [0.5, 0.6) is 5.75 Å². The zero-order valence-electron chi connectivity index (χ0n) is 8.79. The molecule has 0 amide bonds. The number of thiol groups is 1. The molecule has 0 aliphatic heterocycles. The van der Waals surface area contributed by atoms with Gasteiger partial charge in [-0.3, -0.25) is 0 Å². The Balaban J connectivity index is 3.14. The number of aliphatic hydroxyl groups is 2. The summed E-state index contributed by atoms with van der Waals surface area (Å²) in [4.78, 5) is 0. The summed E-state index contributed by atoms with van der Waals surface area (Å²) in [7, 11) is 1.49. The highest BCUT2D eigenvalue weighted by Crippen LogP contribution is 2.25. The number of nitriles is 1. The second-order valence-corrected chi connectivity index (χ2v) is 3.62. The first-order chi connectivity index (χ1) is 7.63. The number of hydrogen-bond acceptors (Lipinski definition) is 5. The first-order valence-corrected chi connectivity index (χ1v) is 5.32. The monoisotopic (exact) mass is 239 g/mol. The van der Waals surface area contributed by atoms with E-state index < -0.39 is 12.2 Å². The van der Waals surface area contributed by atoms with Gasteiger partial charge in [0.1, 0.15) is 11.9 Å². The maximum atomic E-state index is 9.82. The molecule has 2 N–H and O–H groups in total. The van der Waals surface area contributed by atoms with Crippen LogP contribution in [-0.2, 0) is 0 Å². The van der Waals surface area contributed by atoms with Crippen LogP contribution in [0.4, 0.5) is 0 Å². The second kappa shape index (κ2) is 5.75. The summed E-state index contributed by atoms with van der Waals surface area (Å²) in [5.74, 6) is 0.642. The van der Waals surface area contributed by atoms with Crippen molar-refractivity contribution >= 4 is 12.6 Å². The summed E-state index contributed by atoms with van der Waals surface area (Å²) in [6.45, 7) is 0. The number of benzene rings is 1. The summed E-state index contributed by atoms with van der Waals surface area (Å²) in [5, 5.41) is 28.2. The van der Waals surface area contributed by atoms with E-state index in [1.54, 1.807) is 12.1 Å². The first kappa shape index (κ1) is 12.8. The molecule has 0 aliphatic carbocycles. The van der Waals surface area contributed by atoms with Gasteiger partial charge in [0.25, 0.3) is 0 Å². The maximum Gasteiger partial charge on any atom is 0.119 e. The molecule has 4 nitrogen and oxygen atoms in total. The van der Waals surface area contributed by atoms with Crippen LogP contribution in [0.3, 0.4) is 0 Å². The average molecular weight is 239 g/mol. The molecule has 0 aliphatic rings. The van der Waals surface area contributed by atoms with Gasteiger partial charge in [0.15, 0.2) is 0 Å². The molecule has 0 fully saturated rings. The Morgan fingerprint density at radius 2 is 2.19 bits per heavy atom. The van der Waals surface area contributed by atoms with Gasteiger partial charge < -0.3 is 14.9 Å². The Kier molecular flexibility index (Phi) is 4.62. The standard InChI is InChI=1S/C11H13NO3S/c1-15-8-3-2-7(5-12)9(4-8)11(14)10(13)6-16/h2-4,10-11,13-14,16H,6H2,1H3. The van der Waals surface area contributed by atoms with Gasteiger partial charge in [-0.05, 0) is 18.2 Å². The lowest BCUT2D eigenvalue weighted by Gasteiger charge is -2.17. The highest BCUT2D eigenvalue weighted by molar-refractivity contribution is 7.80. The fourth-order valence-corrected chi connectivity index (χ4v) is 1.52. The van der Waals surface area contributed by atoms with Gasteiger partial charge in [0.05, 0.1) is 24.8 Å². The number of hydrogen-bond donors (Lipinski definition) is 3. The molecular weight excluding hydrogens is 226 g/mol. The van der Waals surface area contributed by atoms with Crippen molar-refractivity contribution in [2.45, 2.75) is 12.2 Å². The lowest BCUT2D eigenvalue weighted by molar-refractivity contribution is 0.0335. The zero-order valence-corrected chi connectivity index (χ0v) is 9.69. The predicted molar refractivity (Wildman–Crippen MR) is 62.5 cm³/mol. The third-order valence-electron chi connectivity index (χ3n) is 2.25. The van der Waals surface area contributed by atoms with E-state index in [1.165, 1.54) is 13.2 Å². The van der Waals surface area contributed by atoms with Crippen molar-refractivity contribution in [2.24, 2.45) is 0 Å². The molecule has 86 valence electrons. The highest BCUT2D eigenvalue weighted by Gasteiger charge is 2.20. The SMILES string of the molecule is COc1ccc(C#N)c(C(O)C(O)CS)c1. The largest absolute Gasteiger partial charge is 0.497 e. The van der Waals surface area contributed by atoms with E-state index in [0.29, 0.717) is 16.9 Å². The molecule has 0 aromatic heterocycles. The quantitative estimate of drug-likeness (QED) is 0.682. The normalized spacial score (nSPS) is 13.9. The highest BCUT2D eigenvalue weighted by atomic mass is 32.1. The van der Waals surface area contributed by atoms with E-state index in [9.17, 15) is 10.2 Å². The van der Waals surface area contributed by atoms with E-state index in [0.717, 1.165) is 0 Å². The Hall–Kier alpha value is -1.22. The molecule has 0 radical (unpaired) electrons. The second-order valence-electron chi connectivity index (χ2n) is 3.26. The van der Waals surface area contributed by atoms with Gasteiger partial charge in [0, 0.05) is 11.3 Å². The minimum Gasteiger partial charge on any atom is -0.497 e. The Labute approximate surface area is 99.5 Å². The molecular formula is C11H13NO3S. The van der Waals surface area contributed by atoms with Crippen LogP contribution in [0, 0.1) is 11.3 Å². The molecule has 1 rings (SSSR count). The summed E-state index contributed by atoms with van der Waals surface area (Å²) in [6, 6.07) is 6.66. The fourth-order valence-electron chi connectivity index (χ4n) is 1.32. The summed E-state index contributed by atoms with van der Waals surface area (Å²) in [5.41, 5.74) is 0.664. The van der Waals surface area contributed by atoms with Gasteiger partial charge in [-0.25, -0.2) is 0 Å². The van der Waals surface area contributed by atoms with Gasteiger partial charge >= 0.3 is 0 Å². The van der Waals surface area contributed by atoms with Crippen molar-refractivity contribution in [3.8, 4) is 11.8 Å². The third-order valence-corrected chi connectivity index (χ3v) is 2.62. The molecule has 1 aromatic carbocycles. The van der Waals surface area contributed by atoms with Gasteiger partial charge in [-0.2, -0.15) is 17.9 Å². The lowest BCUT2D eigenvalue weighted by Crippen LogP contribution is -2.20. The van der Waals surface area contributed by atoms with E-state index >= 15 is 0 Å². The van der Waals surface area contributed by atoms with Crippen LogP contribution in [0.2, 0.25) is 0 Å². The van der Waals surface area contributed by atoms with E-state index in [-0.39, 0.29) is 5.75 Å². The number of aliphatic hydroxyl groups excluding tert-OH is 2. The molecule has 0 heterocycles. The van der Waals surface area contributed by atoms with E-state index in [1.807, 2.05) is 6.07 Å². The van der Waals surface area contributed by atoms with Crippen molar-refractivity contribution in [1.82, 2.24) is 0 Å². The maximum absolute atomic E-state index is 9.82. The molecule has 0 saturated heterocycles. The van der Waals surface area contributed by atoms with Crippen LogP contribution in [-0.4, -0.2) is 29.2 Å². The van der Waals surface area contributed by atoms with Gasteiger partial charge in [-0.1, -0.05) is 0 Å². The molecule has 5 heteroatoms. The summed E-state index contributed by atoms with van der Waals surface area (Å²) in [6.07, 6.45) is -2.15. The van der Waals surface area contributed by atoms with Crippen LogP contribution < -0.4 is 4.74 Å². The van der Waals surface area contributed by atoms with Gasteiger partial charge in [-0.15, -0.1) is 0 Å². The number of nitrogens with zero attached hydrogens (tertiary/aromatic N) is 1. The van der Waals surface area contributed by atoms with Crippen molar-refractivity contribution in [1.29, 1.82) is 5.26 Å². The van der Waals surface area contributed by atoms with Crippen molar-refractivity contribution < 1.29 is 14.9 Å². The van der Waals surface area contributed by atoms with Crippen LogP contribution >= 0.6 is 12.6 Å². The molecule has 2 unspecified atom stereocenters. The smallest absolute Gasteiger partial charge is 0.119 e. The van der Waals surface area contributed by atoms with E-state index in [2.05, 4.69) is 12.6 Å². The Morgan fingerprint density at radius 3 is 2.69 bits per heavy atom. The predicted octanol–water partition coefficient (Wildman–Crippen LogP) is 0.891. The minimum atomic E-state index is -1.14. The molecule has 2 atom stereocenters. The third kappa shape index (κ3) is 2.67. The Morgan fingerprint density at radius 1 is 1.50 bits per heavy atom. The summed E-state index contributed by atoms with van der Waals surface area (Å²) < 4.78 is 5.00. The lowest BCUT2D eigenvalue weighted by atomic mass is 9.99. The summed E-state index contributed by atoms with van der Waals surface area (Å²) >= 11 is 3.89. The van der Waals surface area contributed by atoms with Crippen LogP contribution in [0.25, 0.3) is 0 Å². The minimum absolute atomic E-state index is 0.114. The first-order valence-electron chi connectivity index (χ1n) is 4.69. The van der Waals surface area contributed by atoms with E-state index in [4.69, 9.17) is 10.00 Å². The number of methoxy groups -OCH3 is 1. The average Bonchev–Trinajstić information content (AvgIpc) is 2.35. The molecule has 16 heavy (non-hydrogen) atoms. The molecule has 0 saturated carbocycles. The van der Waals surface area contributed by atoms with Crippen LogP contribution in [0.1, 0.15) is 17.2 Å². The molecule has 0 bridgehead atoms. The van der Waals surface area contributed by atoms with Gasteiger partial charge in [0.2, 0.25) is 0 Å².